The van der Waals surface area contributed by atoms with Crippen LogP contribution in [0.4, 0.5) is 0 Å². The zero-order valence-electron chi connectivity index (χ0n) is 18.4. The van der Waals surface area contributed by atoms with Crippen molar-refractivity contribution in [3.05, 3.63) is 35.6 Å². The number of rotatable bonds is 5. The molecule has 0 saturated carbocycles. The number of benzene rings is 1. The van der Waals surface area contributed by atoms with E-state index in [1.165, 1.54) is 5.56 Å². The van der Waals surface area contributed by atoms with Crippen molar-refractivity contribution in [1.82, 2.24) is 4.90 Å². The fourth-order valence-electron chi connectivity index (χ4n) is 5.16. The molecule has 30 heavy (non-hydrogen) atoms. The van der Waals surface area contributed by atoms with Crippen LogP contribution >= 0.6 is 7.82 Å². The molecule has 2 heterocycles. The molecule has 1 aromatic rings. The van der Waals surface area contributed by atoms with Gasteiger partial charge in [-0.25, -0.2) is 4.57 Å². The Morgan fingerprint density at radius 1 is 1.13 bits per heavy atom. The first-order valence-corrected chi connectivity index (χ1v) is 12.0. The maximum atomic E-state index is 13.0. The monoisotopic (exact) mass is 437 g/mol. The summed E-state index contributed by atoms with van der Waals surface area (Å²) in [5.41, 5.74) is 1.17. The van der Waals surface area contributed by atoms with Crippen LogP contribution in [0.5, 0.6) is 11.5 Å². The van der Waals surface area contributed by atoms with E-state index < -0.39 is 7.82 Å². The summed E-state index contributed by atoms with van der Waals surface area (Å²) in [4.78, 5) is 2.36. The highest BCUT2D eigenvalue weighted by atomic mass is 31.2. The van der Waals surface area contributed by atoms with Crippen molar-refractivity contribution < 1.29 is 27.6 Å². The van der Waals surface area contributed by atoms with Crippen LogP contribution in [0.15, 0.2) is 30.0 Å². The van der Waals surface area contributed by atoms with E-state index in [9.17, 15) is 4.57 Å². The number of hydrogen-bond acceptors (Lipinski definition) is 7. The van der Waals surface area contributed by atoms with Crippen LogP contribution in [0.2, 0.25) is 0 Å². The van der Waals surface area contributed by atoms with Crippen LogP contribution in [-0.2, 0) is 23.6 Å². The molecule has 1 aliphatic carbocycles. The summed E-state index contributed by atoms with van der Waals surface area (Å²) < 4.78 is 41.0. The van der Waals surface area contributed by atoms with Crippen molar-refractivity contribution >= 4 is 7.82 Å². The Labute approximate surface area is 178 Å². The lowest BCUT2D eigenvalue weighted by Crippen LogP contribution is -2.43. The Morgan fingerprint density at radius 3 is 2.50 bits per heavy atom. The third-order valence-electron chi connectivity index (χ3n) is 6.64. The van der Waals surface area contributed by atoms with Crippen LogP contribution in [0.1, 0.15) is 45.1 Å². The van der Waals surface area contributed by atoms with Crippen molar-refractivity contribution in [2.24, 2.45) is 0 Å². The first-order valence-electron chi connectivity index (χ1n) is 10.6. The van der Waals surface area contributed by atoms with Crippen LogP contribution in [0.25, 0.3) is 0 Å². The van der Waals surface area contributed by atoms with Gasteiger partial charge in [-0.1, -0.05) is 6.07 Å². The topological polar surface area (TPSA) is 66.5 Å². The van der Waals surface area contributed by atoms with Crippen molar-refractivity contribution in [2.45, 2.75) is 63.2 Å². The van der Waals surface area contributed by atoms with Crippen molar-refractivity contribution in [3.8, 4) is 11.5 Å². The molecule has 0 aromatic heterocycles. The minimum absolute atomic E-state index is 0.0511. The van der Waals surface area contributed by atoms with Crippen LogP contribution < -0.4 is 9.47 Å². The molecule has 0 radical (unpaired) electrons. The standard InChI is InChI=1S/C22H32NO6P/c1-15-12-16(2)28-30(24,27-15)29-18-8-9-22(10-11-23(3)21(22)14-18)17-6-7-19(25-4)20(13-17)26-5/h6-8,13,15-16,21H,9-12,14H2,1-5H3/t15?,16?,21-,22-,30?/m0/s1. The van der Waals surface area contributed by atoms with Gasteiger partial charge >= 0.3 is 7.82 Å². The second-order valence-electron chi connectivity index (χ2n) is 8.66. The quantitative estimate of drug-likeness (QED) is 0.621. The van der Waals surface area contributed by atoms with Gasteiger partial charge in [0.05, 0.1) is 26.4 Å². The Morgan fingerprint density at radius 2 is 1.83 bits per heavy atom. The van der Waals surface area contributed by atoms with Crippen molar-refractivity contribution in [2.75, 3.05) is 27.8 Å². The van der Waals surface area contributed by atoms with E-state index in [2.05, 4.69) is 30.2 Å². The predicted molar refractivity (Wildman–Crippen MR) is 114 cm³/mol. The summed E-state index contributed by atoms with van der Waals surface area (Å²) in [5.74, 6) is 2.15. The molecule has 0 amide bonds. The van der Waals surface area contributed by atoms with Crippen LogP contribution in [0, 0.1) is 0 Å². The number of fused-ring (bicyclic) bond motifs is 1. The molecule has 7 nitrogen and oxygen atoms in total. The Balaban J connectivity index is 1.61. The number of methoxy groups -OCH3 is 2. The molecule has 0 N–H and O–H groups in total. The molecule has 2 unspecified atom stereocenters. The van der Waals surface area contributed by atoms with Crippen molar-refractivity contribution in [1.29, 1.82) is 0 Å². The van der Waals surface area contributed by atoms with Gasteiger partial charge in [-0.15, -0.1) is 0 Å². The number of allylic oxidation sites excluding steroid dienone is 1. The van der Waals surface area contributed by atoms with E-state index >= 15 is 0 Å². The minimum atomic E-state index is -3.59. The third-order valence-corrected chi connectivity index (χ3v) is 8.33. The zero-order valence-corrected chi connectivity index (χ0v) is 19.3. The number of hydrogen-bond donors (Lipinski definition) is 0. The summed E-state index contributed by atoms with van der Waals surface area (Å²) in [7, 11) is 1.85. The van der Waals surface area contributed by atoms with Crippen LogP contribution in [-0.4, -0.2) is 51.0 Å². The number of ether oxygens (including phenoxy) is 2. The Kier molecular flexibility index (Phi) is 5.92. The Hall–Kier alpha value is -1.53. The highest BCUT2D eigenvalue weighted by Gasteiger charge is 2.50. The summed E-state index contributed by atoms with van der Waals surface area (Å²) in [6.45, 7) is 4.78. The molecule has 1 aromatic carbocycles. The molecule has 2 saturated heterocycles. The molecule has 166 valence electrons. The number of phosphoric acid groups is 1. The average Bonchev–Trinajstić information content (AvgIpc) is 3.03. The fraction of sp³-hybridized carbons (Fsp3) is 0.636. The molecule has 2 fully saturated rings. The second kappa shape index (κ2) is 8.19. The summed E-state index contributed by atoms with van der Waals surface area (Å²) >= 11 is 0. The number of nitrogens with zero attached hydrogens (tertiary/aromatic N) is 1. The van der Waals surface area contributed by atoms with Gasteiger partial charge in [0.15, 0.2) is 11.5 Å². The summed E-state index contributed by atoms with van der Waals surface area (Å²) in [6.07, 6.45) is 4.95. The molecular formula is C22H32NO6P. The molecule has 4 atom stereocenters. The van der Waals surface area contributed by atoms with Gasteiger partial charge in [0.25, 0.3) is 0 Å². The lowest BCUT2D eigenvalue weighted by atomic mass is 9.68. The first-order chi connectivity index (χ1) is 14.3. The number of phosphoric ester groups is 1. The second-order valence-corrected chi connectivity index (χ2v) is 10.2. The third kappa shape index (κ3) is 3.89. The molecule has 0 spiro atoms. The van der Waals surface area contributed by atoms with E-state index in [-0.39, 0.29) is 23.7 Å². The summed E-state index contributed by atoms with van der Waals surface area (Å²) in [6, 6.07) is 6.41. The van der Waals surface area contributed by atoms with E-state index in [1.54, 1.807) is 14.2 Å². The average molecular weight is 437 g/mol. The van der Waals surface area contributed by atoms with Gasteiger partial charge in [0, 0.05) is 24.3 Å². The van der Waals surface area contributed by atoms with E-state index in [1.807, 2.05) is 19.9 Å². The lowest BCUT2D eigenvalue weighted by Gasteiger charge is -2.41. The van der Waals surface area contributed by atoms with Gasteiger partial charge in [0.1, 0.15) is 5.76 Å². The molecule has 8 heteroatoms. The fourth-order valence-corrected chi connectivity index (χ4v) is 6.79. The highest BCUT2D eigenvalue weighted by Crippen LogP contribution is 2.59. The normalized spacial score (nSPS) is 36.7. The largest absolute Gasteiger partial charge is 0.530 e. The van der Waals surface area contributed by atoms with Gasteiger partial charge < -0.3 is 18.9 Å². The van der Waals surface area contributed by atoms with E-state index in [4.69, 9.17) is 23.0 Å². The highest BCUT2D eigenvalue weighted by molar-refractivity contribution is 7.48. The zero-order chi connectivity index (χ0) is 21.5. The molecular weight excluding hydrogens is 405 g/mol. The summed E-state index contributed by atoms with van der Waals surface area (Å²) in [5, 5.41) is 0. The molecule has 2 aliphatic heterocycles. The van der Waals surface area contributed by atoms with Gasteiger partial charge in [0.2, 0.25) is 0 Å². The molecule has 0 bridgehead atoms. The SMILES string of the molecule is COc1ccc([C@@]23CC=C(OP4(=O)OC(C)CC(C)O4)C[C@@H]2N(C)CC3)cc1OC. The number of likely N-dealkylation sites (tertiary alicyclic amines) is 1. The maximum Gasteiger partial charge on any atom is 0.530 e. The molecule has 3 aliphatic rings. The first kappa shape index (κ1) is 21.7. The van der Waals surface area contributed by atoms with Crippen LogP contribution in [0.3, 0.4) is 0 Å². The van der Waals surface area contributed by atoms with Gasteiger partial charge in [-0.2, -0.15) is 0 Å². The van der Waals surface area contributed by atoms with Gasteiger partial charge in [-0.05, 0) is 64.1 Å². The predicted octanol–water partition coefficient (Wildman–Crippen LogP) is 4.66. The number of likely N-dealkylation sites (N-methyl/N-ethyl adjacent to an activating group) is 1. The van der Waals surface area contributed by atoms with Gasteiger partial charge in [-0.3, -0.25) is 9.05 Å². The molecule has 4 rings (SSSR count). The maximum absolute atomic E-state index is 13.0. The van der Waals surface area contributed by atoms with Crippen molar-refractivity contribution in [3.63, 3.8) is 0 Å². The smallest absolute Gasteiger partial charge is 0.493 e. The minimum Gasteiger partial charge on any atom is -0.493 e. The van der Waals surface area contributed by atoms with E-state index in [0.29, 0.717) is 18.6 Å². The lowest BCUT2D eigenvalue weighted by molar-refractivity contribution is 0.00944. The Bertz CT molecular complexity index is 859. The van der Waals surface area contributed by atoms with E-state index in [0.717, 1.165) is 30.9 Å².